The highest BCUT2D eigenvalue weighted by atomic mass is 35.5. The molecule has 0 bridgehead atoms. The summed E-state index contributed by atoms with van der Waals surface area (Å²) in [6, 6.07) is 7.37. The zero-order valence-corrected chi connectivity index (χ0v) is 18.8. The van der Waals surface area contributed by atoms with Gasteiger partial charge >= 0.3 is 6.09 Å². The maximum absolute atomic E-state index is 12.5. The van der Waals surface area contributed by atoms with Gasteiger partial charge in [-0.1, -0.05) is 23.7 Å². The number of nitrogens with one attached hydrogen (secondary N) is 2. The molecule has 0 spiro atoms. The zero-order chi connectivity index (χ0) is 22.1. The molecule has 7 nitrogen and oxygen atoms in total. The molecule has 2 rings (SSSR count). The lowest BCUT2D eigenvalue weighted by Crippen LogP contribution is -2.42. The fraction of sp³-hybridized carbons (Fsp3) is 0.591. The molecule has 1 aromatic rings. The van der Waals surface area contributed by atoms with Crippen LogP contribution in [0.3, 0.4) is 0 Å². The summed E-state index contributed by atoms with van der Waals surface area (Å²) >= 11 is 5.98. The van der Waals surface area contributed by atoms with Crippen LogP contribution in [0.1, 0.15) is 45.6 Å². The Morgan fingerprint density at radius 1 is 1.17 bits per heavy atom. The predicted molar refractivity (Wildman–Crippen MR) is 116 cm³/mol. The second-order valence-corrected chi connectivity index (χ2v) is 9.05. The second kappa shape index (κ2) is 11.2. The van der Waals surface area contributed by atoms with E-state index in [0.29, 0.717) is 37.0 Å². The number of hydrogen-bond acceptors (Lipinski definition) is 4. The molecule has 1 fully saturated rings. The van der Waals surface area contributed by atoms with E-state index in [2.05, 4.69) is 10.6 Å². The minimum Gasteiger partial charge on any atom is -0.444 e. The first-order chi connectivity index (χ1) is 14.1. The maximum Gasteiger partial charge on any atom is 0.407 e. The standard InChI is InChI=1S/C22H32ClN3O4/c1-22(2,3)30-21(29)24-10-7-19(27)25-15-16-8-11-26(12-9-16)20(28)14-17-5-4-6-18(23)13-17/h4-6,13,16H,7-12,14-15H2,1-3H3,(H,24,29)(H,25,27). The van der Waals surface area contributed by atoms with Crippen molar-refractivity contribution in [1.29, 1.82) is 0 Å². The lowest BCUT2D eigenvalue weighted by molar-refractivity contribution is -0.132. The molecule has 0 unspecified atom stereocenters. The molecule has 1 aliphatic heterocycles. The van der Waals surface area contributed by atoms with Crippen molar-refractivity contribution in [2.24, 2.45) is 5.92 Å². The van der Waals surface area contributed by atoms with Gasteiger partial charge in [-0.25, -0.2) is 4.79 Å². The van der Waals surface area contributed by atoms with Crippen LogP contribution < -0.4 is 10.6 Å². The van der Waals surface area contributed by atoms with Gasteiger partial charge in [-0.2, -0.15) is 0 Å². The average molecular weight is 438 g/mol. The number of carbonyl (C=O) groups is 3. The fourth-order valence-corrected chi connectivity index (χ4v) is 3.47. The molecule has 0 aromatic heterocycles. The zero-order valence-electron chi connectivity index (χ0n) is 18.0. The van der Waals surface area contributed by atoms with E-state index in [0.717, 1.165) is 18.4 Å². The number of amides is 3. The highest BCUT2D eigenvalue weighted by Gasteiger charge is 2.23. The molecule has 0 atom stereocenters. The third-order valence-corrected chi connectivity index (χ3v) is 5.05. The highest BCUT2D eigenvalue weighted by Crippen LogP contribution is 2.18. The summed E-state index contributed by atoms with van der Waals surface area (Å²) in [7, 11) is 0. The van der Waals surface area contributed by atoms with E-state index in [-0.39, 0.29) is 24.8 Å². The number of nitrogens with zero attached hydrogens (tertiary/aromatic N) is 1. The number of piperidine rings is 1. The lowest BCUT2D eigenvalue weighted by atomic mass is 9.96. The van der Waals surface area contributed by atoms with Gasteiger partial charge in [-0.05, 0) is 57.2 Å². The van der Waals surface area contributed by atoms with Crippen LogP contribution in [0, 0.1) is 5.92 Å². The van der Waals surface area contributed by atoms with E-state index >= 15 is 0 Å². The van der Waals surface area contributed by atoms with Gasteiger partial charge in [-0.3, -0.25) is 9.59 Å². The Labute approximate surface area is 183 Å². The van der Waals surface area contributed by atoms with Gasteiger partial charge in [0.05, 0.1) is 6.42 Å². The molecular weight excluding hydrogens is 406 g/mol. The number of halogens is 1. The molecule has 166 valence electrons. The summed E-state index contributed by atoms with van der Waals surface area (Å²) in [5, 5.41) is 6.13. The monoisotopic (exact) mass is 437 g/mol. The second-order valence-electron chi connectivity index (χ2n) is 8.61. The molecule has 0 radical (unpaired) electrons. The smallest absolute Gasteiger partial charge is 0.407 e. The van der Waals surface area contributed by atoms with Crippen molar-refractivity contribution in [1.82, 2.24) is 15.5 Å². The lowest BCUT2D eigenvalue weighted by Gasteiger charge is -2.32. The maximum atomic E-state index is 12.5. The van der Waals surface area contributed by atoms with Crippen LogP contribution in [-0.4, -0.2) is 54.6 Å². The van der Waals surface area contributed by atoms with Crippen molar-refractivity contribution in [2.75, 3.05) is 26.2 Å². The Bertz CT molecular complexity index is 740. The molecule has 1 saturated heterocycles. The van der Waals surface area contributed by atoms with Crippen molar-refractivity contribution >= 4 is 29.5 Å². The number of rotatable bonds is 7. The van der Waals surface area contributed by atoms with E-state index in [1.807, 2.05) is 23.1 Å². The molecule has 0 saturated carbocycles. The summed E-state index contributed by atoms with van der Waals surface area (Å²) in [4.78, 5) is 37.9. The van der Waals surface area contributed by atoms with Gasteiger partial charge in [0.1, 0.15) is 5.60 Å². The first kappa shape index (κ1) is 24.0. The van der Waals surface area contributed by atoms with Crippen LogP contribution in [0.4, 0.5) is 4.79 Å². The van der Waals surface area contributed by atoms with Crippen LogP contribution >= 0.6 is 11.6 Å². The fourth-order valence-electron chi connectivity index (χ4n) is 3.26. The van der Waals surface area contributed by atoms with E-state index < -0.39 is 11.7 Å². The molecule has 30 heavy (non-hydrogen) atoms. The van der Waals surface area contributed by atoms with Crippen molar-refractivity contribution < 1.29 is 19.1 Å². The van der Waals surface area contributed by atoms with Crippen molar-refractivity contribution in [2.45, 2.75) is 52.1 Å². The SMILES string of the molecule is CC(C)(C)OC(=O)NCCC(=O)NCC1CCN(C(=O)Cc2cccc(Cl)c2)CC1. The molecule has 1 aliphatic rings. The molecule has 1 heterocycles. The van der Waals surface area contributed by atoms with Crippen molar-refractivity contribution in [3.05, 3.63) is 34.9 Å². The average Bonchev–Trinajstić information content (AvgIpc) is 2.65. The minimum atomic E-state index is -0.559. The Hall–Kier alpha value is -2.28. The Balaban J connectivity index is 1.61. The molecule has 8 heteroatoms. The van der Waals surface area contributed by atoms with E-state index in [1.165, 1.54) is 0 Å². The molecule has 0 aliphatic carbocycles. The van der Waals surface area contributed by atoms with E-state index in [1.54, 1.807) is 26.8 Å². The van der Waals surface area contributed by atoms with Crippen LogP contribution in [0.5, 0.6) is 0 Å². The summed E-state index contributed by atoms with van der Waals surface area (Å²) < 4.78 is 5.13. The van der Waals surface area contributed by atoms with E-state index in [9.17, 15) is 14.4 Å². The van der Waals surface area contributed by atoms with Gasteiger partial charge < -0.3 is 20.3 Å². The van der Waals surface area contributed by atoms with Crippen LogP contribution in [0.2, 0.25) is 5.02 Å². The van der Waals surface area contributed by atoms with Gasteiger partial charge in [0, 0.05) is 37.6 Å². The highest BCUT2D eigenvalue weighted by molar-refractivity contribution is 6.30. The Kier molecular flexibility index (Phi) is 8.96. The van der Waals surface area contributed by atoms with Gasteiger partial charge in [0.15, 0.2) is 0 Å². The first-order valence-electron chi connectivity index (χ1n) is 10.4. The summed E-state index contributed by atoms with van der Waals surface area (Å²) in [6.45, 7) is 7.57. The molecule has 3 amide bonds. The third-order valence-electron chi connectivity index (χ3n) is 4.82. The summed E-state index contributed by atoms with van der Waals surface area (Å²) in [6.07, 6.45) is 1.75. The Morgan fingerprint density at radius 2 is 1.87 bits per heavy atom. The topological polar surface area (TPSA) is 87.7 Å². The minimum absolute atomic E-state index is 0.105. The van der Waals surface area contributed by atoms with Crippen LogP contribution in [-0.2, 0) is 20.7 Å². The number of hydrogen-bond donors (Lipinski definition) is 2. The number of carbonyl (C=O) groups excluding carboxylic acids is 3. The van der Waals surface area contributed by atoms with Crippen LogP contribution in [0.25, 0.3) is 0 Å². The number of benzene rings is 1. The number of ether oxygens (including phenoxy) is 1. The number of alkyl carbamates (subject to hydrolysis) is 1. The normalized spacial score (nSPS) is 14.9. The first-order valence-corrected chi connectivity index (χ1v) is 10.8. The Morgan fingerprint density at radius 3 is 2.50 bits per heavy atom. The molecular formula is C22H32ClN3O4. The third kappa shape index (κ3) is 9.03. The van der Waals surface area contributed by atoms with E-state index in [4.69, 9.17) is 16.3 Å². The van der Waals surface area contributed by atoms with Gasteiger partial charge in [-0.15, -0.1) is 0 Å². The predicted octanol–water partition coefficient (Wildman–Crippen LogP) is 3.15. The van der Waals surface area contributed by atoms with Crippen LogP contribution in [0.15, 0.2) is 24.3 Å². The van der Waals surface area contributed by atoms with Gasteiger partial charge in [0.25, 0.3) is 0 Å². The van der Waals surface area contributed by atoms with Crippen molar-refractivity contribution in [3.8, 4) is 0 Å². The summed E-state index contributed by atoms with van der Waals surface area (Å²) in [5.41, 5.74) is 0.360. The molecule has 2 N–H and O–H groups in total. The molecule has 1 aromatic carbocycles. The number of likely N-dealkylation sites (tertiary alicyclic amines) is 1. The summed E-state index contributed by atoms with van der Waals surface area (Å²) in [5.74, 6) is 0.349. The quantitative estimate of drug-likeness (QED) is 0.685. The largest absolute Gasteiger partial charge is 0.444 e. The van der Waals surface area contributed by atoms with Crippen molar-refractivity contribution in [3.63, 3.8) is 0 Å². The van der Waals surface area contributed by atoms with Gasteiger partial charge in [0.2, 0.25) is 11.8 Å².